The molecule has 1 unspecified atom stereocenters. The van der Waals surface area contributed by atoms with E-state index in [2.05, 4.69) is 19.2 Å². The van der Waals surface area contributed by atoms with Crippen LogP contribution >= 0.6 is 0 Å². The van der Waals surface area contributed by atoms with Crippen molar-refractivity contribution in [2.24, 2.45) is 5.92 Å². The third-order valence-electron chi connectivity index (χ3n) is 4.17. The van der Waals surface area contributed by atoms with Crippen LogP contribution in [0.1, 0.15) is 38.2 Å². The molecule has 4 nitrogen and oxygen atoms in total. The maximum atomic E-state index is 12.5. The Kier molecular flexibility index (Phi) is 5.51. The first-order valence-electron chi connectivity index (χ1n) is 7.95. The van der Waals surface area contributed by atoms with E-state index in [0.29, 0.717) is 24.4 Å². The quantitative estimate of drug-likeness (QED) is 0.913. The number of carbonyl (C=O) groups excluding carboxylic acids is 2. The number of anilines is 1. The highest BCUT2D eigenvalue weighted by molar-refractivity contribution is 5.93. The second-order valence-electron chi connectivity index (χ2n) is 6.35. The van der Waals surface area contributed by atoms with E-state index in [-0.39, 0.29) is 19.0 Å². The SMILES string of the molecule is CC(C)c1ccc(NC(=O)C2CCCN(C(=O)C(F)(F)F)C2)cc1. The zero-order valence-corrected chi connectivity index (χ0v) is 13.7. The Morgan fingerprint density at radius 2 is 1.83 bits per heavy atom. The maximum Gasteiger partial charge on any atom is 0.471 e. The van der Waals surface area contributed by atoms with Gasteiger partial charge in [-0.1, -0.05) is 26.0 Å². The number of benzene rings is 1. The molecule has 1 aromatic carbocycles. The summed E-state index contributed by atoms with van der Waals surface area (Å²) in [7, 11) is 0. The number of likely N-dealkylation sites (tertiary alicyclic amines) is 1. The summed E-state index contributed by atoms with van der Waals surface area (Å²) in [6.45, 7) is 3.95. The fraction of sp³-hybridized carbons (Fsp3) is 0.529. The van der Waals surface area contributed by atoms with Crippen molar-refractivity contribution >= 4 is 17.5 Å². The first-order chi connectivity index (χ1) is 11.2. The van der Waals surface area contributed by atoms with Gasteiger partial charge in [-0.3, -0.25) is 9.59 Å². The summed E-state index contributed by atoms with van der Waals surface area (Å²) >= 11 is 0. The number of rotatable bonds is 3. The molecule has 0 aliphatic carbocycles. The minimum Gasteiger partial charge on any atom is -0.334 e. The molecule has 1 aromatic rings. The van der Waals surface area contributed by atoms with E-state index in [1.54, 1.807) is 12.1 Å². The number of nitrogens with one attached hydrogen (secondary N) is 1. The Bertz CT molecular complexity index is 597. The molecule has 0 spiro atoms. The van der Waals surface area contributed by atoms with Gasteiger partial charge in [-0.25, -0.2) is 0 Å². The second-order valence-corrected chi connectivity index (χ2v) is 6.35. The third kappa shape index (κ3) is 4.49. The molecule has 1 N–H and O–H groups in total. The zero-order chi connectivity index (χ0) is 17.9. The summed E-state index contributed by atoms with van der Waals surface area (Å²) in [6, 6.07) is 7.35. The van der Waals surface area contributed by atoms with E-state index in [1.807, 2.05) is 12.1 Å². The van der Waals surface area contributed by atoms with E-state index in [4.69, 9.17) is 0 Å². The first kappa shape index (κ1) is 18.3. The summed E-state index contributed by atoms with van der Waals surface area (Å²) in [4.78, 5) is 24.3. The molecule has 1 aliphatic heterocycles. The highest BCUT2D eigenvalue weighted by atomic mass is 19.4. The molecule has 1 atom stereocenters. The molecule has 2 amide bonds. The predicted octanol–water partition coefficient (Wildman–Crippen LogP) is 3.55. The monoisotopic (exact) mass is 342 g/mol. The average molecular weight is 342 g/mol. The molecule has 0 saturated carbocycles. The molecule has 0 radical (unpaired) electrons. The molecule has 1 aliphatic rings. The highest BCUT2D eigenvalue weighted by Crippen LogP contribution is 2.25. The van der Waals surface area contributed by atoms with Crippen LogP contribution in [-0.4, -0.2) is 36.0 Å². The van der Waals surface area contributed by atoms with Crippen LogP contribution in [0.15, 0.2) is 24.3 Å². The lowest BCUT2D eigenvalue weighted by atomic mass is 9.96. The van der Waals surface area contributed by atoms with Gasteiger partial charge in [-0.2, -0.15) is 13.2 Å². The number of alkyl halides is 3. The number of nitrogens with zero attached hydrogens (tertiary/aromatic N) is 1. The topological polar surface area (TPSA) is 49.4 Å². The van der Waals surface area contributed by atoms with Crippen LogP contribution in [0.3, 0.4) is 0 Å². The van der Waals surface area contributed by atoms with Gasteiger partial charge in [0.1, 0.15) is 0 Å². The Morgan fingerprint density at radius 1 is 1.21 bits per heavy atom. The molecule has 1 fully saturated rings. The Morgan fingerprint density at radius 3 is 2.38 bits per heavy atom. The van der Waals surface area contributed by atoms with Crippen LogP contribution in [0.2, 0.25) is 0 Å². The number of hydrogen-bond donors (Lipinski definition) is 1. The van der Waals surface area contributed by atoms with Crippen LogP contribution < -0.4 is 5.32 Å². The van der Waals surface area contributed by atoms with E-state index < -0.39 is 18.0 Å². The maximum absolute atomic E-state index is 12.5. The van der Waals surface area contributed by atoms with Crippen molar-refractivity contribution in [1.29, 1.82) is 0 Å². The van der Waals surface area contributed by atoms with Gasteiger partial charge in [-0.15, -0.1) is 0 Å². The molecule has 0 bridgehead atoms. The molecule has 1 saturated heterocycles. The van der Waals surface area contributed by atoms with E-state index in [0.717, 1.165) is 10.5 Å². The summed E-state index contributed by atoms with van der Waals surface area (Å²) in [5.74, 6) is -2.49. The van der Waals surface area contributed by atoms with Crippen molar-refractivity contribution in [1.82, 2.24) is 4.90 Å². The standard InChI is InChI=1S/C17H21F3N2O2/c1-11(2)12-5-7-14(8-6-12)21-15(23)13-4-3-9-22(10-13)16(24)17(18,19)20/h5-8,11,13H,3-4,9-10H2,1-2H3,(H,21,23). The summed E-state index contributed by atoms with van der Waals surface area (Å²) < 4.78 is 37.6. The van der Waals surface area contributed by atoms with Gasteiger partial charge in [0.25, 0.3) is 0 Å². The van der Waals surface area contributed by atoms with Crippen molar-refractivity contribution in [2.75, 3.05) is 18.4 Å². The second kappa shape index (κ2) is 7.23. The fourth-order valence-corrected chi connectivity index (χ4v) is 2.75. The van der Waals surface area contributed by atoms with Crippen LogP contribution in [-0.2, 0) is 9.59 Å². The van der Waals surface area contributed by atoms with Crippen LogP contribution in [0.5, 0.6) is 0 Å². The van der Waals surface area contributed by atoms with Crippen molar-refractivity contribution in [2.45, 2.75) is 38.8 Å². The van der Waals surface area contributed by atoms with Gasteiger partial charge < -0.3 is 10.2 Å². The van der Waals surface area contributed by atoms with Gasteiger partial charge in [-0.05, 0) is 36.5 Å². The lowest BCUT2D eigenvalue weighted by Crippen LogP contribution is -2.48. The molecule has 132 valence electrons. The van der Waals surface area contributed by atoms with E-state index >= 15 is 0 Å². The Hall–Kier alpha value is -2.05. The van der Waals surface area contributed by atoms with Gasteiger partial charge in [0.05, 0.1) is 5.92 Å². The largest absolute Gasteiger partial charge is 0.471 e. The Labute approximate surface area is 139 Å². The first-order valence-corrected chi connectivity index (χ1v) is 7.95. The van der Waals surface area contributed by atoms with E-state index in [1.165, 1.54) is 0 Å². The average Bonchev–Trinajstić information content (AvgIpc) is 2.54. The predicted molar refractivity (Wildman–Crippen MR) is 84.5 cm³/mol. The van der Waals surface area contributed by atoms with Gasteiger partial charge >= 0.3 is 12.1 Å². The smallest absolute Gasteiger partial charge is 0.334 e. The highest BCUT2D eigenvalue weighted by Gasteiger charge is 2.44. The minimum absolute atomic E-state index is 0.0329. The normalized spacial score (nSPS) is 18.6. The fourth-order valence-electron chi connectivity index (χ4n) is 2.75. The molecule has 24 heavy (non-hydrogen) atoms. The molecule has 0 aromatic heterocycles. The van der Waals surface area contributed by atoms with Gasteiger partial charge in [0.15, 0.2) is 0 Å². The molecular formula is C17H21F3N2O2. The zero-order valence-electron chi connectivity index (χ0n) is 13.7. The van der Waals surface area contributed by atoms with Gasteiger partial charge in [0, 0.05) is 18.8 Å². The summed E-state index contributed by atoms with van der Waals surface area (Å²) in [5.41, 5.74) is 1.73. The lowest BCUT2D eigenvalue weighted by molar-refractivity contribution is -0.187. The number of carbonyl (C=O) groups is 2. The summed E-state index contributed by atoms with van der Waals surface area (Å²) in [6.07, 6.45) is -4.05. The number of piperidine rings is 1. The molecular weight excluding hydrogens is 321 g/mol. The van der Waals surface area contributed by atoms with Crippen LogP contribution in [0.4, 0.5) is 18.9 Å². The van der Waals surface area contributed by atoms with Crippen molar-refractivity contribution in [3.8, 4) is 0 Å². The molecule has 2 rings (SSSR count). The third-order valence-corrected chi connectivity index (χ3v) is 4.17. The van der Waals surface area contributed by atoms with E-state index in [9.17, 15) is 22.8 Å². The van der Waals surface area contributed by atoms with Gasteiger partial charge in [0.2, 0.25) is 5.91 Å². The minimum atomic E-state index is -4.90. The van der Waals surface area contributed by atoms with Crippen LogP contribution in [0.25, 0.3) is 0 Å². The summed E-state index contributed by atoms with van der Waals surface area (Å²) in [5, 5.41) is 2.72. The molecule has 7 heteroatoms. The number of amides is 2. The molecule has 1 heterocycles. The lowest BCUT2D eigenvalue weighted by Gasteiger charge is -2.32. The van der Waals surface area contributed by atoms with Crippen molar-refractivity contribution in [3.05, 3.63) is 29.8 Å². The van der Waals surface area contributed by atoms with Crippen LogP contribution in [0, 0.1) is 5.92 Å². The van der Waals surface area contributed by atoms with Crippen molar-refractivity contribution in [3.63, 3.8) is 0 Å². The number of halogens is 3. The van der Waals surface area contributed by atoms with Crippen molar-refractivity contribution < 1.29 is 22.8 Å². The Balaban J connectivity index is 1.98. The number of hydrogen-bond acceptors (Lipinski definition) is 2.